The van der Waals surface area contributed by atoms with Crippen molar-refractivity contribution in [3.05, 3.63) is 59.2 Å². The second-order valence-corrected chi connectivity index (χ2v) is 10.8. The Balaban J connectivity index is 1.27. The molecule has 5 nitrogen and oxygen atoms in total. The Hall–Kier alpha value is -2.58. The number of nitrogens with zero attached hydrogens (tertiary/aromatic N) is 1. The van der Waals surface area contributed by atoms with Crippen molar-refractivity contribution in [2.24, 2.45) is 0 Å². The van der Waals surface area contributed by atoms with Crippen LogP contribution in [0.15, 0.2) is 42.5 Å². The highest BCUT2D eigenvalue weighted by Gasteiger charge is 2.41. The minimum atomic E-state index is -5.01. The molecule has 206 valence electrons. The fourth-order valence-corrected chi connectivity index (χ4v) is 6.27. The first-order valence-corrected chi connectivity index (χ1v) is 14.0. The predicted octanol–water partition coefficient (Wildman–Crippen LogP) is 6.15. The molecule has 1 saturated heterocycles. The molecule has 2 fully saturated rings. The largest absolute Gasteiger partial charge is 0.494 e. The van der Waals surface area contributed by atoms with Crippen LogP contribution in [0.4, 0.5) is 13.2 Å². The molecule has 8 heteroatoms. The van der Waals surface area contributed by atoms with Gasteiger partial charge < -0.3 is 14.8 Å². The normalized spacial score (nSPS) is 22.7. The Morgan fingerprint density at radius 1 is 0.974 bits per heavy atom. The second-order valence-electron chi connectivity index (χ2n) is 10.8. The molecule has 38 heavy (non-hydrogen) atoms. The van der Waals surface area contributed by atoms with Crippen LogP contribution in [0.25, 0.3) is 0 Å². The Labute approximate surface area is 222 Å². The summed E-state index contributed by atoms with van der Waals surface area (Å²) in [6.45, 7) is 2.64. The van der Waals surface area contributed by atoms with Gasteiger partial charge in [0.15, 0.2) is 0 Å². The van der Waals surface area contributed by atoms with E-state index >= 15 is 0 Å². The van der Waals surface area contributed by atoms with Crippen molar-refractivity contribution >= 4 is 5.97 Å². The first-order chi connectivity index (χ1) is 18.4. The molecular weight excluding hydrogens is 493 g/mol. The zero-order valence-corrected chi connectivity index (χ0v) is 21.8. The van der Waals surface area contributed by atoms with E-state index < -0.39 is 12.1 Å². The van der Waals surface area contributed by atoms with Gasteiger partial charge in [-0.25, -0.2) is 4.79 Å². The van der Waals surface area contributed by atoms with E-state index in [1.54, 1.807) is 6.07 Å². The molecular formula is C30H37F3N2O3. The third-order valence-electron chi connectivity index (χ3n) is 8.25. The van der Waals surface area contributed by atoms with Crippen LogP contribution in [0, 0.1) is 0 Å². The lowest BCUT2D eigenvalue weighted by atomic mass is 9.87. The summed E-state index contributed by atoms with van der Waals surface area (Å²) in [7, 11) is 0. The molecule has 5 rings (SSSR count). The van der Waals surface area contributed by atoms with E-state index in [9.17, 15) is 18.0 Å². The number of ether oxygens (including phenoxy) is 2. The quantitative estimate of drug-likeness (QED) is 0.328. The molecule has 2 aromatic rings. The summed E-state index contributed by atoms with van der Waals surface area (Å²) >= 11 is 0. The van der Waals surface area contributed by atoms with Gasteiger partial charge in [0, 0.05) is 24.7 Å². The second kappa shape index (κ2) is 12.1. The van der Waals surface area contributed by atoms with Crippen LogP contribution in [-0.2, 0) is 17.6 Å². The molecule has 0 radical (unpaired) electrons. The molecule has 2 heterocycles. The molecule has 0 aromatic heterocycles. The van der Waals surface area contributed by atoms with Crippen LogP contribution in [0.3, 0.4) is 0 Å². The number of nitrogens with one attached hydrogen (secondary N) is 1. The van der Waals surface area contributed by atoms with Crippen LogP contribution in [0.5, 0.6) is 11.5 Å². The minimum Gasteiger partial charge on any atom is -0.494 e. The number of rotatable bonds is 8. The summed E-state index contributed by atoms with van der Waals surface area (Å²) < 4.78 is 48.7. The van der Waals surface area contributed by atoms with Gasteiger partial charge >= 0.3 is 12.1 Å². The lowest BCUT2D eigenvalue weighted by molar-refractivity contribution is -0.189. The summed E-state index contributed by atoms with van der Waals surface area (Å²) in [6.07, 6.45) is 6.10. The number of piperidine rings is 1. The number of benzene rings is 2. The monoisotopic (exact) mass is 530 g/mol. The number of carbonyl (C=O) groups is 1. The van der Waals surface area contributed by atoms with Crippen molar-refractivity contribution in [2.45, 2.75) is 88.5 Å². The van der Waals surface area contributed by atoms with Crippen LogP contribution < -0.4 is 14.8 Å². The molecule has 1 aliphatic carbocycles. The Morgan fingerprint density at radius 3 is 2.42 bits per heavy atom. The molecule has 2 aromatic carbocycles. The van der Waals surface area contributed by atoms with E-state index in [1.807, 2.05) is 18.2 Å². The Kier molecular flexibility index (Phi) is 8.58. The number of halogens is 3. The van der Waals surface area contributed by atoms with Gasteiger partial charge in [0.1, 0.15) is 11.5 Å². The third-order valence-corrected chi connectivity index (χ3v) is 8.25. The highest BCUT2D eigenvalue weighted by atomic mass is 19.4. The highest BCUT2D eigenvalue weighted by Crippen LogP contribution is 2.39. The van der Waals surface area contributed by atoms with Gasteiger partial charge in [0.25, 0.3) is 0 Å². The molecule has 2 aliphatic heterocycles. The molecule has 2 atom stereocenters. The summed E-state index contributed by atoms with van der Waals surface area (Å²) in [5.74, 6) is -1.36. The number of hydrogen-bond acceptors (Lipinski definition) is 5. The van der Waals surface area contributed by atoms with Crippen LogP contribution in [0.1, 0.15) is 74.1 Å². The SMILES string of the molecule is O=C(Oc1ccc2c(c1)CCN(C1CCCC1)C2Cc1ccc(OCCC2CCCCN2)cc1)C(F)(F)F. The van der Waals surface area contributed by atoms with Gasteiger partial charge in [0.2, 0.25) is 0 Å². The third kappa shape index (κ3) is 6.70. The number of fused-ring (bicyclic) bond motifs is 1. The maximum Gasteiger partial charge on any atom is 0.491 e. The van der Waals surface area contributed by atoms with Gasteiger partial charge in [-0.1, -0.05) is 37.5 Å². The lowest BCUT2D eigenvalue weighted by Crippen LogP contribution is -2.42. The number of carbonyl (C=O) groups excluding carboxylic acids is 1. The number of hydrogen-bond donors (Lipinski definition) is 1. The maximum atomic E-state index is 12.7. The van der Waals surface area contributed by atoms with Gasteiger partial charge in [-0.2, -0.15) is 13.2 Å². The fourth-order valence-electron chi connectivity index (χ4n) is 6.27. The molecule has 0 spiro atoms. The first-order valence-electron chi connectivity index (χ1n) is 14.0. The molecule has 2 unspecified atom stereocenters. The molecule has 1 N–H and O–H groups in total. The van der Waals surface area contributed by atoms with E-state index in [1.165, 1.54) is 56.6 Å². The summed E-state index contributed by atoms with van der Waals surface area (Å²) in [6, 6.07) is 14.4. The fraction of sp³-hybridized carbons (Fsp3) is 0.567. The topological polar surface area (TPSA) is 50.8 Å². The van der Waals surface area contributed by atoms with Gasteiger partial charge in [-0.15, -0.1) is 0 Å². The van der Waals surface area contributed by atoms with Crippen LogP contribution >= 0.6 is 0 Å². The van der Waals surface area contributed by atoms with E-state index in [0.717, 1.165) is 49.2 Å². The first kappa shape index (κ1) is 27.0. The van der Waals surface area contributed by atoms with E-state index in [4.69, 9.17) is 4.74 Å². The number of alkyl halides is 3. The Bertz CT molecular complexity index is 1080. The Morgan fingerprint density at radius 2 is 1.71 bits per heavy atom. The predicted molar refractivity (Wildman–Crippen MR) is 139 cm³/mol. The van der Waals surface area contributed by atoms with Crippen molar-refractivity contribution in [3.63, 3.8) is 0 Å². The average Bonchev–Trinajstić information content (AvgIpc) is 3.45. The summed E-state index contributed by atoms with van der Waals surface area (Å²) in [5, 5.41) is 3.56. The van der Waals surface area contributed by atoms with Crippen molar-refractivity contribution in [3.8, 4) is 11.5 Å². The van der Waals surface area contributed by atoms with Gasteiger partial charge in [-0.05, 0) is 92.4 Å². The smallest absolute Gasteiger partial charge is 0.491 e. The molecule has 1 saturated carbocycles. The van der Waals surface area contributed by atoms with Gasteiger partial charge in [0.05, 0.1) is 6.61 Å². The van der Waals surface area contributed by atoms with Crippen molar-refractivity contribution in [1.82, 2.24) is 10.2 Å². The van der Waals surface area contributed by atoms with E-state index in [-0.39, 0.29) is 11.8 Å². The average molecular weight is 531 g/mol. The van der Waals surface area contributed by atoms with Crippen molar-refractivity contribution in [1.29, 1.82) is 0 Å². The lowest BCUT2D eigenvalue weighted by Gasteiger charge is -2.41. The number of esters is 1. The molecule has 0 bridgehead atoms. The minimum absolute atomic E-state index is 0.0518. The molecule has 3 aliphatic rings. The maximum absolute atomic E-state index is 12.7. The van der Waals surface area contributed by atoms with E-state index in [0.29, 0.717) is 18.7 Å². The van der Waals surface area contributed by atoms with Crippen LogP contribution in [0.2, 0.25) is 0 Å². The van der Waals surface area contributed by atoms with Crippen molar-refractivity contribution < 1.29 is 27.4 Å². The molecule has 0 amide bonds. The summed E-state index contributed by atoms with van der Waals surface area (Å²) in [5.41, 5.74) is 3.25. The van der Waals surface area contributed by atoms with E-state index in [2.05, 4.69) is 27.1 Å². The summed E-state index contributed by atoms with van der Waals surface area (Å²) in [4.78, 5) is 13.9. The van der Waals surface area contributed by atoms with Crippen molar-refractivity contribution in [2.75, 3.05) is 19.7 Å². The zero-order chi connectivity index (χ0) is 26.5. The zero-order valence-electron chi connectivity index (χ0n) is 21.8. The van der Waals surface area contributed by atoms with Gasteiger partial charge in [-0.3, -0.25) is 4.90 Å². The standard InChI is InChI=1S/C30H37F3N2O3/c31-30(32,33)29(36)38-26-12-13-27-22(20-26)14-17-35(24-6-1-2-7-24)28(27)19-21-8-10-25(11-9-21)37-18-15-23-5-3-4-16-34-23/h8-13,20,23-24,28,34H,1-7,14-19H2. The highest BCUT2D eigenvalue weighted by molar-refractivity contribution is 5.78. The van der Waals surface area contributed by atoms with Crippen LogP contribution in [-0.4, -0.2) is 48.8 Å².